The van der Waals surface area contributed by atoms with Crippen molar-refractivity contribution in [3.8, 4) is 0 Å². The molecule has 2 aromatic rings. The van der Waals surface area contributed by atoms with Crippen molar-refractivity contribution in [3.05, 3.63) is 63.5 Å². The van der Waals surface area contributed by atoms with Crippen LogP contribution >= 0.6 is 0 Å². The van der Waals surface area contributed by atoms with Gasteiger partial charge in [-0.1, -0.05) is 85.6 Å². The molecular formula is C32H43NO4. The Morgan fingerprint density at radius 3 is 2.27 bits per heavy atom. The minimum atomic E-state index is -0.678. The van der Waals surface area contributed by atoms with E-state index >= 15 is 0 Å². The minimum absolute atomic E-state index is 0.0754. The van der Waals surface area contributed by atoms with E-state index in [1.807, 2.05) is 0 Å². The molecule has 1 aromatic carbocycles. The summed E-state index contributed by atoms with van der Waals surface area (Å²) < 4.78 is 13.0. The van der Waals surface area contributed by atoms with Crippen LogP contribution in [0.15, 0.2) is 24.3 Å². The quantitative estimate of drug-likeness (QED) is 0.439. The highest BCUT2D eigenvalue weighted by Crippen LogP contribution is 2.61. The Balaban J connectivity index is 1.77. The molecule has 1 aliphatic heterocycles. The molecule has 1 unspecified atom stereocenters. The van der Waals surface area contributed by atoms with E-state index in [4.69, 9.17) is 14.5 Å². The van der Waals surface area contributed by atoms with Crippen molar-refractivity contribution in [2.24, 2.45) is 5.41 Å². The second-order valence-electron chi connectivity index (χ2n) is 13.5. The normalized spacial score (nSPS) is 25.8. The van der Waals surface area contributed by atoms with Crippen LogP contribution in [0.5, 0.6) is 0 Å². The molecule has 0 saturated heterocycles. The lowest BCUT2D eigenvalue weighted by Gasteiger charge is -2.42. The van der Waals surface area contributed by atoms with Crippen LogP contribution in [-0.2, 0) is 25.3 Å². The summed E-state index contributed by atoms with van der Waals surface area (Å²) in [6, 6.07) is 8.83. The molecule has 1 fully saturated rings. The molecule has 1 N–H and O–H groups in total. The number of fused-ring (bicyclic) bond motifs is 4. The monoisotopic (exact) mass is 505 g/mol. The van der Waals surface area contributed by atoms with Gasteiger partial charge in [-0.2, -0.15) is 0 Å². The molecule has 2 aliphatic carbocycles. The van der Waals surface area contributed by atoms with Crippen molar-refractivity contribution in [2.75, 3.05) is 0 Å². The van der Waals surface area contributed by atoms with E-state index in [-0.39, 0.29) is 23.4 Å². The second kappa shape index (κ2) is 8.91. The average Bonchev–Trinajstić information content (AvgIpc) is 3.40. The largest absolute Gasteiger partial charge is 0.455 e. The van der Waals surface area contributed by atoms with Gasteiger partial charge in [0.1, 0.15) is 12.2 Å². The number of benzene rings is 1. The third-order valence-electron chi connectivity index (χ3n) is 8.72. The SMILES string of the molecule is CC(=O)O[C@@H]1c2nc(C(C)C)c3c(c2C(O)CC1(C)C)C1(CCCC1)O[C@@H]3c1ccc(C(C)(C)C)cc1. The third kappa shape index (κ3) is 4.32. The van der Waals surface area contributed by atoms with Gasteiger partial charge in [-0.25, -0.2) is 0 Å². The Hall–Kier alpha value is -2.24. The Kier molecular flexibility index (Phi) is 6.35. The summed E-state index contributed by atoms with van der Waals surface area (Å²) in [5.41, 5.74) is 6.43. The van der Waals surface area contributed by atoms with Crippen molar-refractivity contribution < 1.29 is 19.4 Å². The van der Waals surface area contributed by atoms with Gasteiger partial charge in [-0.3, -0.25) is 9.78 Å². The van der Waals surface area contributed by atoms with E-state index in [9.17, 15) is 9.90 Å². The Labute approximate surface area is 222 Å². The zero-order chi connectivity index (χ0) is 26.9. The van der Waals surface area contributed by atoms with Crippen LogP contribution in [0, 0.1) is 5.41 Å². The smallest absolute Gasteiger partial charge is 0.303 e. The number of aliphatic hydroxyl groups is 1. The second-order valence-corrected chi connectivity index (χ2v) is 13.5. The first-order valence-electron chi connectivity index (χ1n) is 14.0. The summed E-state index contributed by atoms with van der Waals surface area (Å²) in [6.45, 7) is 16.6. The molecule has 200 valence electrons. The number of ether oxygens (including phenoxy) is 2. The molecule has 3 atom stereocenters. The predicted octanol–water partition coefficient (Wildman–Crippen LogP) is 7.46. The lowest BCUT2D eigenvalue weighted by atomic mass is 9.68. The zero-order valence-electron chi connectivity index (χ0n) is 23.8. The molecule has 1 aromatic heterocycles. The maximum Gasteiger partial charge on any atom is 0.303 e. The van der Waals surface area contributed by atoms with Gasteiger partial charge in [0.2, 0.25) is 0 Å². The van der Waals surface area contributed by atoms with Gasteiger partial charge in [-0.15, -0.1) is 0 Å². The summed E-state index contributed by atoms with van der Waals surface area (Å²) in [4.78, 5) is 17.4. The Bertz CT molecular complexity index is 1200. The molecule has 0 radical (unpaired) electrons. The standard InChI is InChI=1S/C32H43NO4/c1-18(2)26-24-25(23-22(35)17-31(7,8)29(27(23)33-26)36-19(3)34)32(15-9-10-16-32)37-28(24)20-11-13-21(14-12-20)30(4,5)6/h11-14,18,22,28-29,35H,9-10,15-17H2,1-8H3/t22?,28-,29-/m1/s1. The third-order valence-corrected chi connectivity index (χ3v) is 8.72. The summed E-state index contributed by atoms with van der Waals surface area (Å²) in [5.74, 6) is -0.173. The van der Waals surface area contributed by atoms with E-state index in [0.29, 0.717) is 6.42 Å². The summed E-state index contributed by atoms with van der Waals surface area (Å²) in [7, 11) is 0. The molecule has 3 aliphatic rings. The Morgan fingerprint density at radius 1 is 1.11 bits per heavy atom. The van der Waals surface area contributed by atoms with Crippen LogP contribution in [0.1, 0.15) is 151 Å². The van der Waals surface area contributed by atoms with Gasteiger partial charge in [0, 0.05) is 29.2 Å². The van der Waals surface area contributed by atoms with E-state index in [1.54, 1.807) is 0 Å². The molecule has 1 saturated carbocycles. The number of esters is 1. The number of pyridine rings is 1. The fraction of sp³-hybridized carbons (Fsp3) is 0.625. The van der Waals surface area contributed by atoms with Crippen molar-refractivity contribution in [1.82, 2.24) is 4.98 Å². The van der Waals surface area contributed by atoms with Crippen LogP contribution in [0.4, 0.5) is 0 Å². The maximum atomic E-state index is 12.2. The van der Waals surface area contributed by atoms with Crippen LogP contribution < -0.4 is 0 Å². The lowest BCUT2D eigenvalue weighted by molar-refractivity contribution is -0.156. The van der Waals surface area contributed by atoms with Crippen molar-refractivity contribution in [2.45, 2.75) is 123 Å². The number of aliphatic hydroxyl groups excluding tert-OH is 1. The van der Waals surface area contributed by atoms with E-state index in [0.717, 1.165) is 59.3 Å². The first-order valence-corrected chi connectivity index (χ1v) is 14.0. The number of carbonyl (C=O) groups excluding carboxylic acids is 1. The molecule has 5 nitrogen and oxygen atoms in total. The predicted molar refractivity (Wildman–Crippen MR) is 144 cm³/mol. The number of aromatic nitrogens is 1. The molecule has 37 heavy (non-hydrogen) atoms. The van der Waals surface area contributed by atoms with Crippen LogP contribution in [-0.4, -0.2) is 16.1 Å². The first-order chi connectivity index (χ1) is 17.2. The van der Waals surface area contributed by atoms with E-state index < -0.39 is 23.2 Å². The van der Waals surface area contributed by atoms with Gasteiger partial charge in [0.25, 0.3) is 0 Å². The highest BCUT2D eigenvalue weighted by Gasteiger charge is 2.54. The zero-order valence-corrected chi connectivity index (χ0v) is 23.8. The molecule has 0 amide bonds. The highest BCUT2D eigenvalue weighted by molar-refractivity contribution is 5.67. The van der Waals surface area contributed by atoms with Crippen LogP contribution in [0.25, 0.3) is 0 Å². The minimum Gasteiger partial charge on any atom is -0.455 e. The fourth-order valence-corrected chi connectivity index (χ4v) is 6.89. The first kappa shape index (κ1) is 26.4. The van der Waals surface area contributed by atoms with E-state index in [2.05, 4.69) is 72.7 Å². The summed E-state index contributed by atoms with van der Waals surface area (Å²) >= 11 is 0. The van der Waals surface area contributed by atoms with Gasteiger partial charge in [0.15, 0.2) is 0 Å². The van der Waals surface area contributed by atoms with Crippen LogP contribution in [0.3, 0.4) is 0 Å². The summed E-state index contributed by atoms with van der Waals surface area (Å²) in [6.07, 6.45) is 3.14. The number of hydrogen-bond donors (Lipinski definition) is 1. The Morgan fingerprint density at radius 2 is 1.73 bits per heavy atom. The van der Waals surface area contributed by atoms with Gasteiger partial charge in [0.05, 0.1) is 17.4 Å². The molecule has 1 spiro atoms. The summed E-state index contributed by atoms with van der Waals surface area (Å²) in [5, 5.41) is 11.6. The van der Waals surface area contributed by atoms with Crippen molar-refractivity contribution in [3.63, 3.8) is 0 Å². The van der Waals surface area contributed by atoms with Crippen molar-refractivity contribution in [1.29, 1.82) is 0 Å². The highest BCUT2D eigenvalue weighted by atomic mass is 16.5. The van der Waals surface area contributed by atoms with Crippen LogP contribution in [0.2, 0.25) is 0 Å². The maximum absolute atomic E-state index is 12.2. The molecule has 5 rings (SSSR count). The molecule has 5 heteroatoms. The van der Waals surface area contributed by atoms with Gasteiger partial charge < -0.3 is 14.6 Å². The van der Waals surface area contributed by atoms with Crippen molar-refractivity contribution >= 4 is 5.97 Å². The number of carbonyl (C=O) groups is 1. The van der Waals surface area contributed by atoms with Gasteiger partial charge >= 0.3 is 5.97 Å². The molecule has 0 bridgehead atoms. The molecular weight excluding hydrogens is 462 g/mol. The number of nitrogens with zero attached hydrogens (tertiary/aromatic N) is 1. The lowest BCUT2D eigenvalue weighted by Crippen LogP contribution is -2.37. The molecule has 2 heterocycles. The van der Waals surface area contributed by atoms with E-state index in [1.165, 1.54) is 12.5 Å². The number of hydrogen-bond acceptors (Lipinski definition) is 5. The fourth-order valence-electron chi connectivity index (χ4n) is 6.89. The average molecular weight is 506 g/mol. The topological polar surface area (TPSA) is 68.7 Å². The van der Waals surface area contributed by atoms with Gasteiger partial charge in [-0.05, 0) is 47.3 Å². The number of rotatable bonds is 3.